The normalized spacial score (nSPS) is 19.3. The number of hydrogen-bond donors (Lipinski definition) is 0. The Balaban J connectivity index is 2.20. The second kappa shape index (κ2) is 6.38. The minimum atomic E-state index is -4.47. The molecule has 0 saturated carbocycles. The lowest BCUT2D eigenvalue weighted by atomic mass is 10.1. The minimum Gasteiger partial charge on any atom is -0.379 e. The molecule has 0 aliphatic carbocycles. The molecule has 8 heteroatoms. The highest BCUT2D eigenvalue weighted by Crippen LogP contribution is 2.23. The van der Waals surface area contributed by atoms with Crippen LogP contribution in [-0.4, -0.2) is 52.8 Å². The van der Waals surface area contributed by atoms with Crippen molar-refractivity contribution < 1.29 is 22.7 Å². The Morgan fingerprint density at radius 1 is 1.43 bits per heavy atom. The molecule has 0 N–H and O–H groups in total. The van der Waals surface area contributed by atoms with Gasteiger partial charge in [-0.1, -0.05) is 0 Å². The molecule has 1 aliphatic heterocycles. The van der Waals surface area contributed by atoms with Crippen molar-refractivity contribution in [1.82, 2.24) is 14.9 Å². The third-order valence-corrected chi connectivity index (χ3v) is 3.19. The monoisotopic (exact) mass is 303 g/mol. The molecule has 0 radical (unpaired) electrons. The fraction of sp³-hybridized carbons (Fsp3) is 0.615. The maximum atomic E-state index is 12.7. The average molecular weight is 303 g/mol. The Morgan fingerprint density at radius 3 is 2.71 bits per heavy atom. The summed E-state index contributed by atoms with van der Waals surface area (Å²) >= 11 is 0. The third kappa shape index (κ3) is 4.38. The minimum absolute atomic E-state index is 0.0876. The molecule has 1 aromatic rings. The van der Waals surface area contributed by atoms with Crippen LogP contribution in [0.4, 0.5) is 13.2 Å². The fourth-order valence-corrected chi connectivity index (χ4v) is 2.18. The predicted octanol–water partition coefficient (Wildman–Crippen LogP) is 1.97. The van der Waals surface area contributed by atoms with Crippen LogP contribution in [-0.2, 0) is 4.74 Å². The maximum absolute atomic E-state index is 12.7. The van der Waals surface area contributed by atoms with Crippen LogP contribution < -0.4 is 0 Å². The van der Waals surface area contributed by atoms with Gasteiger partial charge in [0.25, 0.3) is 5.91 Å². The highest BCUT2D eigenvalue weighted by Gasteiger charge is 2.38. The van der Waals surface area contributed by atoms with Crippen molar-refractivity contribution in [3.8, 4) is 0 Å². The summed E-state index contributed by atoms with van der Waals surface area (Å²) in [6, 6.07) is -0.587. The van der Waals surface area contributed by atoms with Gasteiger partial charge >= 0.3 is 6.18 Å². The number of carbonyl (C=O) groups excluding carboxylic acids is 1. The Hall–Kier alpha value is -1.70. The SMILES string of the molecule is Cc1cnc(C(=O)N(CC(F)(F)F)[C@H]2CCCOC2)cn1. The van der Waals surface area contributed by atoms with Gasteiger partial charge in [0.05, 0.1) is 24.5 Å². The van der Waals surface area contributed by atoms with E-state index in [4.69, 9.17) is 4.74 Å². The summed E-state index contributed by atoms with van der Waals surface area (Å²) in [6.45, 7) is 0.995. The first-order valence-electron chi connectivity index (χ1n) is 6.61. The molecule has 116 valence electrons. The Morgan fingerprint density at radius 2 is 2.19 bits per heavy atom. The molecule has 1 aromatic heterocycles. The number of aromatic nitrogens is 2. The molecule has 1 atom stereocenters. The molecule has 1 aliphatic rings. The van der Waals surface area contributed by atoms with E-state index in [1.54, 1.807) is 6.92 Å². The highest BCUT2D eigenvalue weighted by atomic mass is 19.4. The van der Waals surface area contributed by atoms with Crippen LogP contribution in [0.25, 0.3) is 0 Å². The van der Waals surface area contributed by atoms with E-state index in [1.165, 1.54) is 12.4 Å². The van der Waals surface area contributed by atoms with E-state index >= 15 is 0 Å². The van der Waals surface area contributed by atoms with Gasteiger partial charge in [0, 0.05) is 12.8 Å². The van der Waals surface area contributed by atoms with Crippen molar-refractivity contribution in [3.63, 3.8) is 0 Å². The van der Waals surface area contributed by atoms with Gasteiger partial charge in [-0.25, -0.2) is 4.98 Å². The number of carbonyl (C=O) groups is 1. The second-order valence-corrected chi connectivity index (χ2v) is 4.96. The molecule has 1 amide bonds. The van der Waals surface area contributed by atoms with Crippen molar-refractivity contribution in [2.75, 3.05) is 19.8 Å². The molecule has 2 rings (SSSR count). The number of amides is 1. The van der Waals surface area contributed by atoms with E-state index in [1.807, 2.05) is 0 Å². The highest BCUT2D eigenvalue weighted by molar-refractivity contribution is 5.92. The average Bonchev–Trinajstić information content (AvgIpc) is 2.45. The van der Waals surface area contributed by atoms with Crippen LogP contribution in [0.5, 0.6) is 0 Å². The van der Waals surface area contributed by atoms with Crippen molar-refractivity contribution in [2.24, 2.45) is 0 Å². The standard InChI is InChI=1S/C13H16F3N3O2/c1-9-5-18-11(6-17-9)12(20)19(8-13(14,15)16)10-3-2-4-21-7-10/h5-6,10H,2-4,7-8H2,1H3/t10-/m0/s1. The Labute approximate surface area is 120 Å². The molecule has 1 saturated heterocycles. The van der Waals surface area contributed by atoms with Gasteiger partial charge in [0.15, 0.2) is 0 Å². The molecular weight excluding hydrogens is 287 g/mol. The summed E-state index contributed by atoms with van der Waals surface area (Å²) in [7, 11) is 0. The number of ether oxygens (including phenoxy) is 1. The van der Waals surface area contributed by atoms with Crippen molar-refractivity contribution in [3.05, 3.63) is 23.8 Å². The molecule has 1 fully saturated rings. The number of rotatable bonds is 3. The number of hydrogen-bond acceptors (Lipinski definition) is 4. The topological polar surface area (TPSA) is 55.3 Å². The van der Waals surface area contributed by atoms with E-state index in [-0.39, 0.29) is 12.3 Å². The maximum Gasteiger partial charge on any atom is 0.406 e. The summed E-state index contributed by atoms with van der Waals surface area (Å²) < 4.78 is 43.4. The number of nitrogens with zero attached hydrogens (tertiary/aromatic N) is 3. The fourth-order valence-electron chi connectivity index (χ4n) is 2.18. The Kier molecular flexibility index (Phi) is 4.76. The first kappa shape index (κ1) is 15.7. The summed E-state index contributed by atoms with van der Waals surface area (Å²) in [5, 5.41) is 0. The third-order valence-electron chi connectivity index (χ3n) is 3.19. The molecule has 0 bridgehead atoms. The van der Waals surface area contributed by atoms with E-state index < -0.39 is 24.7 Å². The first-order valence-corrected chi connectivity index (χ1v) is 6.61. The molecule has 5 nitrogen and oxygen atoms in total. The van der Waals surface area contributed by atoms with Gasteiger partial charge in [0.2, 0.25) is 0 Å². The van der Waals surface area contributed by atoms with E-state index in [2.05, 4.69) is 9.97 Å². The lowest BCUT2D eigenvalue weighted by molar-refractivity contribution is -0.148. The lowest BCUT2D eigenvalue weighted by Crippen LogP contribution is -2.49. The number of alkyl halides is 3. The zero-order valence-corrected chi connectivity index (χ0v) is 11.6. The van der Waals surface area contributed by atoms with Crippen LogP contribution in [0.1, 0.15) is 29.0 Å². The molecule has 0 spiro atoms. The lowest BCUT2D eigenvalue weighted by Gasteiger charge is -2.34. The van der Waals surface area contributed by atoms with Gasteiger partial charge in [-0.2, -0.15) is 13.2 Å². The summed E-state index contributed by atoms with van der Waals surface area (Å²) in [6.07, 6.45) is -0.792. The van der Waals surface area contributed by atoms with Crippen molar-refractivity contribution in [2.45, 2.75) is 32.0 Å². The van der Waals surface area contributed by atoms with Gasteiger partial charge in [-0.15, -0.1) is 0 Å². The van der Waals surface area contributed by atoms with Crippen LogP contribution in [0.3, 0.4) is 0 Å². The largest absolute Gasteiger partial charge is 0.406 e. The van der Waals surface area contributed by atoms with Crippen molar-refractivity contribution in [1.29, 1.82) is 0 Å². The van der Waals surface area contributed by atoms with Crippen LogP contribution in [0, 0.1) is 6.92 Å². The Bertz CT molecular complexity index is 484. The molecular formula is C13H16F3N3O2. The zero-order chi connectivity index (χ0) is 15.5. The van der Waals surface area contributed by atoms with E-state index in [0.29, 0.717) is 25.1 Å². The van der Waals surface area contributed by atoms with Gasteiger partial charge in [-0.3, -0.25) is 9.78 Å². The van der Waals surface area contributed by atoms with Gasteiger partial charge < -0.3 is 9.64 Å². The van der Waals surface area contributed by atoms with Crippen LogP contribution >= 0.6 is 0 Å². The summed E-state index contributed by atoms with van der Waals surface area (Å²) in [4.78, 5) is 20.9. The molecule has 21 heavy (non-hydrogen) atoms. The van der Waals surface area contributed by atoms with E-state index in [0.717, 1.165) is 4.90 Å². The van der Waals surface area contributed by atoms with Crippen molar-refractivity contribution >= 4 is 5.91 Å². The summed E-state index contributed by atoms with van der Waals surface area (Å²) in [5.74, 6) is -0.768. The summed E-state index contributed by atoms with van der Waals surface area (Å²) in [5.41, 5.74) is 0.505. The smallest absolute Gasteiger partial charge is 0.379 e. The van der Waals surface area contributed by atoms with Crippen LogP contribution in [0.2, 0.25) is 0 Å². The number of halogens is 3. The van der Waals surface area contributed by atoms with Gasteiger partial charge in [-0.05, 0) is 19.8 Å². The zero-order valence-electron chi connectivity index (χ0n) is 11.6. The molecule has 0 unspecified atom stereocenters. The molecule has 0 aromatic carbocycles. The van der Waals surface area contributed by atoms with E-state index in [9.17, 15) is 18.0 Å². The van der Waals surface area contributed by atoms with Gasteiger partial charge in [0.1, 0.15) is 12.2 Å². The number of aryl methyl sites for hydroxylation is 1. The molecule has 2 heterocycles. The first-order chi connectivity index (χ1) is 9.87. The predicted molar refractivity (Wildman–Crippen MR) is 67.7 cm³/mol. The van der Waals surface area contributed by atoms with Crippen LogP contribution in [0.15, 0.2) is 12.4 Å². The quantitative estimate of drug-likeness (QED) is 0.856. The second-order valence-electron chi connectivity index (χ2n) is 4.96.